The Balaban J connectivity index is 1.31. The zero-order valence-electron chi connectivity index (χ0n) is 23.4. The average molecular weight is 581 g/mol. The van der Waals surface area contributed by atoms with Crippen molar-refractivity contribution < 1.29 is 17.9 Å². The highest BCUT2D eigenvalue weighted by Gasteiger charge is 2.30. The van der Waals surface area contributed by atoms with Crippen LogP contribution < -0.4 is 18.7 Å². The van der Waals surface area contributed by atoms with Gasteiger partial charge in [0.15, 0.2) is 11.5 Å². The number of hydrogen-bond donors (Lipinski definition) is 0. The maximum absolute atomic E-state index is 14.0. The summed E-state index contributed by atoms with van der Waals surface area (Å²) in [6, 6.07) is 20.6. The molecule has 0 unspecified atom stereocenters. The third kappa shape index (κ3) is 5.61. The van der Waals surface area contributed by atoms with Gasteiger partial charge in [0.2, 0.25) is 0 Å². The van der Waals surface area contributed by atoms with Gasteiger partial charge in [-0.1, -0.05) is 30.3 Å². The molecule has 0 saturated carbocycles. The predicted molar refractivity (Wildman–Crippen MR) is 163 cm³/mol. The first-order valence-corrected chi connectivity index (χ1v) is 15.7. The van der Waals surface area contributed by atoms with Crippen LogP contribution in [0.2, 0.25) is 0 Å². The first-order chi connectivity index (χ1) is 19.3. The van der Waals surface area contributed by atoms with Gasteiger partial charge in [0.25, 0.3) is 10.0 Å². The number of methoxy groups -OCH3 is 2. The molecule has 1 aliphatic heterocycles. The van der Waals surface area contributed by atoms with Crippen molar-refractivity contribution >= 4 is 43.1 Å². The van der Waals surface area contributed by atoms with E-state index in [9.17, 15) is 8.42 Å². The summed E-state index contributed by atoms with van der Waals surface area (Å²) >= 11 is 1.55. The minimum Gasteiger partial charge on any atom is -0.493 e. The fourth-order valence-corrected chi connectivity index (χ4v) is 7.79. The molecule has 0 aliphatic carbocycles. The lowest BCUT2D eigenvalue weighted by atomic mass is 10.1. The van der Waals surface area contributed by atoms with E-state index >= 15 is 0 Å². The van der Waals surface area contributed by atoms with Crippen LogP contribution in [0.4, 0.5) is 11.5 Å². The molecule has 0 spiro atoms. The molecule has 2 heterocycles. The van der Waals surface area contributed by atoms with Crippen molar-refractivity contribution in [2.75, 3.05) is 56.1 Å². The van der Waals surface area contributed by atoms with Crippen LogP contribution in [0.25, 0.3) is 10.1 Å². The highest BCUT2D eigenvalue weighted by molar-refractivity contribution is 7.92. The molecule has 40 heavy (non-hydrogen) atoms. The van der Waals surface area contributed by atoms with Crippen molar-refractivity contribution in [3.8, 4) is 11.5 Å². The molecule has 0 bridgehead atoms. The molecule has 8 nitrogen and oxygen atoms in total. The summed E-state index contributed by atoms with van der Waals surface area (Å²) in [5, 5.41) is 1.22. The second-order valence-electron chi connectivity index (χ2n) is 10.1. The maximum Gasteiger partial charge on any atom is 0.264 e. The highest BCUT2D eigenvalue weighted by atomic mass is 32.2. The van der Waals surface area contributed by atoms with Crippen molar-refractivity contribution in [2.45, 2.75) is 31.2 Å². The summed E-state index contributed by atoms with van der Waals surface area (Å²) in [7, 11) is -0.822. The van der Waals surface area contributed by atoms with Gasteiger partial charge in [0.1, 0.15) is 5.82 Å². The quantitative estimate of drug-likeness (QED) is 0.253. The van der Waals surface area contributed by atoms with E-state index in [0.717, 1.165) is 50.5 Å². The van der Waals surface area contributed by atoms with Crippen molar-refractivity contribution in [3.63, 3.8) is 0 Å². The number of hydrogen-bond acceptors (Lipinski definition) is 8. The predicted octanol–water partition coefficient (Wildman–Crippen LogP) is 5.28. The van der Waals surface area contributed by atoms with E-state index in [0.29, 0.717) is 17.2 Å². The fraction of sp³-hybridized carbons (Fsp3) is 0.367. The van der Waals surface area contributed by atoms with E-state index in [-0.39, 0.29) is 10.9 Å². The Morgan fingerprint density at radius 1 is 0.925 bits per heavy atom. The number of fused-ring (bicyclic) bond motifs is 1. The Bertz CT molecular complexity index is 1560. The molecule has 0 amide bonds. The van der Waals surface area contributed by atoms with E-state index in [1.165, 1.54) is 34.7 Å². The van der Waals surface area contributed by atoms with E-state index in [2.05, 4.69) is 34.1 Å². The van der Waals surface area contributed by atoms with Gasteiger partial charge in [-0.2, -0.15) is 4.37 Å². The van der Waals surface area contributed by atoms with Crippen LogP contribution in [0.5, 0.6) is 11.5 Å². The van der Waals surface area contributed by atoms with E-state index in [1.54, 1.807) is 23.7 Å². The monoisotopic (exact) mass is 580 g/mol. The zero-order valence-corrected chi connectivity index (χ0v) is 25.0. The smallest absolute Gasteiger partial charge is 0.264 e. The summed E-state index contributed by atoms with van der Waals surface area (Å²) in [5.41, 5.74) is 1.72. The topological polar surface area (TPSA) is 75.2 Å². The van der Waals surface area contributed by atoms with Crippen LogP contribution in [-0.4, -0.2) is 70.7 Å². The van der Waals surface area contributed by atoms with E-state index in [1.807, 2.05) is 38.1 Å². The van der Waals surface area contributed by atoms with E-state index in [4.69, 9.17) is 13.8 Å². The lowest BCUT2D eigenvalue weighted by molar-refractivity contribution is 0.261. The number of piperazine rings is 1. The van der Waals surface area contributed by atoms with Gasteiger partial charge >= 0.3 is 0 Å². The number of anilines is 2. The van der Waals surface area contributed by atoms with Crippen LogP contribution in [0.3, 0.4) is 0 Å². The van der Waals surface area contributed by atoms with Crippen LogP contribution >= 0.6 is 11.5 Å². The SMILES string of the molecule is COc1ccc(S(=O)(=O)N(c2ccccc2CCN2CCN(c3nsc4ccccc34)CC2)C(C)C)cc1OC. The van der Waals surface area contributed by atoms with E-state index < -0.39 is 10.0 Å². The molecular formula is C30H36N4O4S2. The molecule has 0 atom stereocenters. The lowest BCUT2D eigenvalue weighted by Gasteiger charge is -2.35. The fourth-order valence-electron chi connectivity index (χ4n) is 5.28. The molecule has 1 aliphatic rings. The number of nitrogens with zero attached hydrogens (tertiary/aromatic N) is 4. The lowest BCUT2D eigenvalue weighted by Crippen LogP contribution is -2.47. The first-order valence-electron chi connectivity index (χ1n) is 13.5. The normalized spacial score (nSPS) is 14.6. The van der Waals surface area contributed by atoms with Crippen molar-refractivity contribution in [3.05, 3.63) is 72.3 Å². The standard InChI is InChI=1S/C30H36N4O4S2/c1-22(2)34(40(35,36)24-13-14-27(37-3)28(21-24)38-4)26-11-7-5-9-23(26)15-16-32-17-19-33(20-18-32)30-25-10-6-8-12-29(25)39-31-30/h5-14,21-22H,15-20H2,1-4H3. The van der Waals surface area contributed by atoms with Gasteiger partial charge in [-0.15, -0.1) is 0 Å². The molecular weight excluding hydrogens is 544 g/mol. The molecule has 1 aromatic heterocycles. The second-order valence-corrected chi connectivity index (χ2v) is 12.7. The maximum atomic E-state index is 14.0. The minimum atomic E-state index is -3.86. The number of sulfonamides is 1. The summed E-state index contributed by atoms with van der Waals surface area (Å²) in [6.07, 6.45) is 0.750. The number of ether oxygens (including phenoxy) is 2. The summed E-state index contributed by atoms with van der Waals surface area (Å²) in [5.74, 6) is 1.95. The Morgan fingerprint density at radius 2 is 1.62 bits per heavy atom. The molecule has 5 rings (SSSR count). The van der Waals surface area contributed by atoms with Crippen molar-refractivity contribution in [2.24, 2.45) is 0 Å². The number of aromatic nitrogens is 1. The molecule has 4 aromatic rings. The molecule has 1 saturated heterocycles. The largest absolute Gasteiger partial charge is 0.493 e. The third-order valence-corrected chi connectivity index (χ3v) is 10.1. The molecule has 0 radical (unpaired) electrons. The van der Waals surface area contributed by atoms with Gasteiger partial charge in [-0.3, -0.25) is 9.21 Å². The van der Waals surface area contributed by atoms with Crippen molar-refractivity contribution in [1.29, 1.82) is 0 Å². The molecule has 1 fully saturated rings. The molecule has 10 heteroatoms. The summed E-state index contributed by atoms with van der Waals surface area (Å²) < 4.78 is 46.1. The Morgan fingerprint density at radius 3 is 2.35 bits per heavy atom. The average Bonchev–Trinajstić information content (AvgIpc) is 3.40. The third-order valence-electron chi connectivity index (χ3n) is 7.34. The van der Waals surface area contributed by atoms with Gasteiger partial charge < -0.3 is 14.4 Å². The van der Waals surface area contributed by atoms with Gasteiger partial charge in [-0.25, -0.2) is 8.42 Å². The highest BCUT2D eigenvalue weighted by Crippen LogP contribution is 2.35. The van der Waals surface area contributed by atoms with Crippen LogP contribution in [-0.2, 0) is 16.4 Å². The Hall–Kier alpha value is -3.34. The molecule has 212 valence electrons. The Labute approximate surface area is 241 Å². The van der Waals surface area contributed by atoms with Crippen LogP contribution in [0, 0.1) is 0 Å². The number of benzene rings is 3. The summed E-state index contributed by atoms with van der Waals surface area (Å²) in [6.45, 7) is 8.36. The second kappa shape index (κ2) is 12.0. The molecule has 3 aromatic carbocycles. The van der Waals surface area contributed by atoms with Crippen molar-refractivity contribution in [1.82, 2.24) is 9.27 Å². The minimum absolute atomic E-state index is 0.166. The molecule has 0 N–H and O–H groups in total. The number of para-hydroxylation sites is 1. The zero-order chi connectivity index (χ0) is 28.3. The van der Waals surface area contributed by atoms with Gasteiger partial charge in [-0.05, 0) is 67.7 Å². The number of rotatable bonds is 10. The van der Waals surface area contributed by atoms with Crippen LogP contribution in [0.1, 0.15) is 19.4 Å². The van der Waals surface area contributed by atoms with Crippen LogP contribution in [0.15, 0.2) is 71.6 Å². The Kier molecular flexibility index (Phi) is 8.48. The first kappa shape index (κ1) is 28.2. The summed E-state index contributed by atoms with van der Waals surface area (Å²) in [4.78, 5) is 4.99. The van der Waals surface area contributed by atoms with Gasteiger partial charge in [0.05, 0.1) is 29.5 Å². The van der Waals surface area contributed by atoms with Gasteiger partial charge in [0, 0.05) is 50.2 Å².